The van der Waals surface area contributed by atoms with Gasteiger partial charge in [-0.3, -0.25) is 10.4 Å². The van der Waals surface area contributed by atoms with Gasteiger partial charge in [0.1, 0.15) is 12.4 Å². The number of carboxylic acid groups (broad SMARTS) is 1. The van der Waals surface area contributed by atoms with Crippen LogP contribution in [0.5, 0.6) is 0 Å². The summed E-state index contributed by atoms with van der Waals surface area (Å²) in [5.74, 6) is 0.749. The number of halogens is 1. The Kier molecular flexibility index (Phi) is 12.9. The van der Waals surface area contributed by atoms with Crippen LogP contribution >= 0.6 is 23.4 Å². The van der Waals surface area contributed by atoms with Crippen molar-refractivity contribution < 1.29 is 39.4 Å². The lowest BCUT2D eigenvalue weighted by Crippen LogP contribution is -2.19. The van der Waals surface area contributed by atoms with E-state index in [2.05, 4.69) is 32.2 Å². The number of hydrogen-bond donors (Lipinski definition) is 3. The molecule has 3 N–H and O–H groups in total. The molecule has 0 radical (unpaired) electrons. The van der Waals surface area contributed by atoms with Crippen molar-refractivity contribution in [1.82, 2.24) is 35.1 Å². The van der Waals surface area contributed by atoms with Gasteiger partial charge in [0, 0.05) is 30.0 Å². The molecule has 17 heteroatoms. The van der Waals surface area contributed by atoms with Crippen LogP contribution in [0.4, 0.5) is 4.79 Å². The zero-order chi connectivity index (χ0) is 33.1. The number of nitrogens with zero attached hydrogens (tertiary/aromatic N) is 7. The molecule has 0 amide bonds. The van der Waals surface area contributed by atoms with Gasteiger partial charge in [0.15, 0.2) is 10.8 Å². The van der Waals surface area contributed by atoms with Crippen LogP contribution in [0.1, 0.15) is 54.8 Å². The Hall–Kier alpha value is -4.06. The van der Waals surface area contributed by atoms with Gasteiger partial charge in [0.05, 0.1) is 12.0 Å². The molecule has 0 saturated heterocycles. The number of tetrazole rings is 1. The van der Waals surface area contributed by atoms with Crippen molar-refractivity contribution in [2.45, 2.75) is 45.9 Å². The van der Waals surface area contributed by atoms with Gasteiger partial charge >= 0.3 is 12.1 Å². The van der Waals surface area contributed by atoms with Gasteiger partial charge in [-0.25, -0.2) is 19.4 Å². The minimum absolute atomic E-state index is 0.0147. The molecule has 2 aromatic heterocycles. The topological polar surface area (TPSA) is 187 Å². The van der Waals surface area contributed by atoms with Crippen LogP contribution in [0, 0.1) is 0 Å². The highest BCUT2D eigenvalue weighted by Crippen LogP contribution is 2.31. The van der Waals surface area contributed by atoms with E-state index in [0.29, 0.717) is 41.7 Å². The Bertz CT molecular complexity index is 1600. The summed E-state index contributed by atoms with van der Waals surface area (Å²) in [4.78, 5) is 33.9. The third-order valence-corrected chi connectivity index (χ3v) is 7.81. The Morgan fingerprint density at radius 3 is 2.48 bits per heavy atom. The Morgan fingerprint density at radius 1 is 1.07 bits per heavy atom. The molecule has 1 unspecified atom stereocenters. The molecular weight excluding hydrogens is 642 g/mol. The molecule has 4 rings (SSSR count). The normalized spacial score (nSPS) is 12.0. The van der Waals surface area contributed by atoms with E-state index < -0.39 is 18.4 Å². The number of carbonyl (C=O) groups excluding carboxylic acids is 1. The van der Waals surface area contributed by atoms with Crippen LogP contribution in [0.25, 0.3) is 22.5 Å². The van der Waals surface area contributed by atoms with Crippen molar-refractivity contribution in [2.75, 3.05) is 24.7 Å². The van der Waals surface area contributed by atoms with Crippen molar-refractivity contribution in [3.05, 3.63) is 70.8 Å². The monoisotopic (exact) mass is 675 g/mol. The van der Waals surface area contributed by atoms with E-state index in [-0.39, 0.29) is 29.5 Å². The van der Waals surface area contributed by atoms with Gasteiger partial charge in [-0.1, -0.05) is 73.5 Å². The number of carboxylic acids is 1. The molecule has 246 valence electrons. The first-order valence-electron chi connectivity index (χ1n) is 14.4. The molecule has 0 bridgehead atoms. The molecule has 4 aromatic rings. The van der Waals surface area contributed by atoms with Gasteiger partial charge in [-0.15, -0.1) is 15.0 Å². The lowest BCUT2D eigenvalue weighted by molar-refractivity contribution is -0.490. The molecule has 0 aliphatic carbocycles. The SMILES string of the molecule is CCCCc1nc(Cl)c(C(=O)O)n1Cc1ccc(-c2ccccc2-c2nnn(C(C)OC(=O)OCCSCCON(O)O)n2)cc1. The number of hydrogen-bond acceptors (Lipinski definition) is 13. The summed E-state index contributed by atoms with van der Waals surface area (Å²) in [6.45, 7) is 4.10. The summed E-state index contributed by atoms with van der Waals surface area (Å²) in [5.41, 5.74) is 3.29. The minimum atomic E-state index is -1.12. The van der Waals surface area contributed by atoms with E-state index in [0.717, 1.165) is 29.5 Å². The average Bonchev–Trinajstić information content (AvgIpc) is 3.64. The molecule has 0 spiro atoms. The fourth-order valence-electron chi connectivity index (χ4n) is 4.44. The summed E-state index contributed by atoms with van der Waals surface area (Å²) < 4.78 is 12.0. The van der Waals surface area contributed by atoms with Gasteiger partial charge in [-0.05, 0) is 35.2 Å². The Morgan fingerprint density at radius 2 is 1.78 bits per heavy atom. The van der Waals surface area contributed by atoms with Gasteiger partial charge in [0.25, 0.3) is 0 Å². The first-order valence-corrected chi connectivity index (χ1v) is 15.9. The predicted octanol–water partition coefficient (Wildman–Crippen LogP) is 5.36. The number of imidazole rings is 1. The zero-order valence-corrected chi connectivity index (χ0v) is 26.7. The maximum absolute atomic E-state index is 12.1. The summed E-state index contributed by atoms with van der Waals surface area (Å²) in [6.07, 6.45) is 0.647. The molecule has 46 heavy (non-hydrogen) atoms. The van der Waals surface area contributed by atoms with E-state index in [1.807, 2.05) is 48.5 Å². The van der Waals surface area contributed by atoms with Crippen LogP contribution in [-0.4, -0.2) is 87.5 Å². The number of unbranched alkanes of at least 4 members (excludes halogenated alkanes) is 1. The fourth-order valence-corrected chi connectivity index (χ4v) is 5.32. The maximum Gasteiger partial charge on any atom is 0.510 e. The van der Waals surface area contributed by atoms with Crippen molar-refractivity contribution >= 4 is 35.5 Å². The lowest BCUT2D eigenvalue weighted by atomic mass is 9.98. The average molecular weight is 676 g/mol. The number of ether oxygens (including phenoxy) is 2. The Labute approximate surface area is 273 Å². The van der Waals surface area contributed by atoms with Crippen LogP contribution < -0.4 is 0 Å². The summed E-state index contributed by atoms with van der Waals surface area (Å²) in [5, 5.41) is 39.0. The second-order valence-electron chi connectivity index (χ2n) is 9.85. The second kappa shape index (κ2) is 17.0. The molecule has 0 aliphatic rings. The van der Waals surface area contributed by atoms with Crippen LogP contribution in [0.3, 0.4) is 0 Å². The number of carbonyl (C=O) groups is 2. The number of rotatable bonds is 17. The predicted molar refractivity (Wildman–Crippen MR) is 166 cm³/mol. The van der Waals surface area contributed by atoms with E-state index in [4.69, 9.17) is 31.5 Å². The van der Waals surface area contributed by atoms with Gasteiger partial charge < -0.3 is 19.1 Å². The van der Waals surface area contributed by atoms with E-state index >= 15 is 0 Å². The standard InChI is InChI=1S/C29H34ClN7O8S/c1-3-4-9-24-31-26(30)25(28(38)39)35(24)18-20-10-12-21(13-11-20)22-7-5-6-8-23(22)27-32-34-36(33-27)19(2)45-29(40)43-14-16-46-17-15-44-37(41)42/h5-8,10-13,19,41-42H,3-4,9,14-18H2,1-2H3,(H,38,39). The smallest absolute Gasteiger partial charge is 0.476 e. The first-order chi connectivity index (χ1) is 22.2. The highest BCUT2D eigenvalue weighted by molar-refractivity contribution is 7.99. The number of aromatic nitrogens is 6. The largest absolute Gasteiger partial charge is 0.510 e. The third-order valence-electron chi connectivity index (χ3n) is 6.64. The van der Waals surface area contributed by atoms with E-state index in [1.54, 1.807) is 11.5 Å². The molecule has 0 saturated carbocycles. The lowest BCUT2D eigenvalue weighted by Gasteiger charge is -2.12. The molecule has 2 heterocycles. The second-order valence-corrected chi connectivity index (χ2v) is 11.4. The van der Waals surface area contributed by atoms with Crippen molar-refractivity contribution in [3.8, 4) is 22.5 Å². The van der Waals surface area contributed by atoms with E-state index in [1.165, 1.54) is 16.6 Å². The quantitative estimate of drug-likeness (QED) is 0.0737. The third kappa shape index (κ3) is 9.48. The minimum Gasteiger partial charge on any atom is -0.476 e. The molecular formula is C29H34ClN7O8S. The summed E-state index contributed by atoms with van der Waals surface area (Å²) >= 11 is 7.57. The van der Waals surface area contributed by atoms with E-state index in [9.17, 15) is 14.7 Å². The summed E-state index contributed by atoms with van der Waals surface area (Å²) in [7, 11) is 0. The molecule has 15 nitrogen and oxygen atoms in total. The number of aryl methyl sites for hydroxylation is 1. The summed E-state index contributed by atoms with van der Waals surface area (Å²) in [6, 6.07) is 15.2. The highest BCUT2D eigenvalue weighted by Gasteiger charge is 2.22. The number of aromatic carboxylic acids is 1. The number of thioether (sulfide) groups is 1. The number of benzene rings is 2. The van der Waals surface area contributed by atoms with Gasteiger partial charge in [-0.2, -0.15) is 11.8 Å². The van der Waals surface area contributed by atoms with Crippen molar-refractivity contribution in [2.24, 2.45) is 0 Å². The molecule has 1 atom stereocenters. The zero-order valence-electron chi connectivity index (χ0n) is 25.2. The molecule has 0 aliphatic heterocycles. The van der Waals surface area contributed by atoms with Crippen LogP contribution in [0.2, 0.25) is 5.15 Å². The van der Waals surface area contributed by atoms with Crippen LogP contribution in [-0.2, 0) is 27.3 Å². The van der Waals surface area contributed by atoms with Crippen molar-refractivity contribution in [1.29, 1.82) is 0 Å². The fraction of sp³-hybridized carbons (Fsp3) is 0.379. The highest BCUT2D eigenvalue weighted by atomic mass is 35.5. The van der Waals surface area contributed by atoms with Gasteiger partial charge in [0.2, 0.25) is 12.1 Å². The Balaban J connectivity index is 1.40. The van der Waals surface area contributed by atoms with Crippen molar-refractivity contribution in [3.63, 3.8) is 0 Å². The molecule has 0 fully saturated rings. The molecule has 2 aromatic carbocycles. The first kappa shape index (κ1) is 34.8. The maximum atomic E-state index is 12.1. The van der Waals surface area contributed by atoms with Crippen LogP contribution in [0.15, 0.2) is 48.5 Å².